The van der Waals surface area contributed by atoms with E-state index >= 15 is 0 Å². The van der Waals surface area contributed by atoms with Crippen LogP contribution in [0.3, 0.4) is 0 Å². The Hall–Kier alpha value is 0.380. The van der Waals surface area contributed by atoms with Gasteiger partial charge in [-0.25, -0.2) is 0 Å². The van der Waals surface area contributed by atoms with E-state index in [9.17, 15) is 9.13 Å². The van der Waals surface area contributed by atoms with Crippen molar-refractivity contribution in [2.45, 2.75) is 13.8 Å². The topological polar surface area (TPSA) is 74.6 Å². The van der Waals surface area contributed by atoms with E-state index in [1.54, 1.807) is 0 Å². The minimum absolute atomic E-state index is 0.0670. The van der Waals surface area contributed by atoms with Gasteiger partial charge in [0.05, 0.1) is 0 Å². The van der Waals surface area contributed by atoms with Crippen LogP contribution in [0.5, 0.6) is 0 Å². The van der Waals surface area contributed by atoms with Crippen LogP contribution < -0.4 is 0 Å². The second-order valence-corrected chi connectivity index (χ2v) is 8.25. The summed E-state index contributed by atoms with van der Waals surface area (Å²) in [6.45, 7) is 3.08. The molecule has 0 aliphatic rings. The lowest BCUT2D eigenvalue weighted by atomic mass is 11.0. The van der Waals surface area contributed by atoms with E-state index in [2.05, 4.69) is 0 Å². The monoisotopic (exact) mass is 200 g/mol. The highest BCUT2D eigenvalue weighted by Crippen LogP contribution is 2.56. The van der Waals surface area contributed by atoms with Crippen LogP contribution in [-0.4, -0.2) is 28.0 Å². The maximum absolute atomic E-state index is 11.0. The molecule has 0 aromatic carbocycles. The molecule has 0 heterocycles. The summed E-state index contributed by atoms with van der Waals surface area (Å²) in [6, 6.07) is 0. The molecule has 0 saturated carbocycles. The molecule has 0 aromatic heterocycles. The molecule has 2 N–H and O–H groups in total. The minimum Gasteiger partial charge on any atom is -0.344 e. The van der Waals surface area contributed by atoms with E-state index < -0.39 is 20.6 Å². The smallest absolute Gasteiger partial charge is 0.209 e. The average molecular weight is 200 g/mol. The molecular formula is C5H14O4P2. The van der Waals surface area contributed by atoms with Gasteiger partial charge in [0.15, 0.2) is 0 Å². The molecule has 0 rings (SSSR count). The van der Waals surface area contributed by atoms with E-state index in [0.29, 0.717) is 0 Å². The van der Waals surface area contributed by atoms with Crippen molar-refractivity contribution in [3.05, 3.63) is 0 Å². The maximum Gasteiger partial charge on any atom is 0.209 e. The molecule has 6 heteroatoms. The first-order chi connectivity index (χ1) is 4.83. The van der Waals surface area contributed by atoms with E-state index in [4.69, 9.17) is 9.79 Å². The van der Waals surface area contributed by atoms with Gasteiger partial charge in [0.1, 0.15) is 5.90 Å². The van der Waals surface area contributed by atoms with Gasteiger partial charge in [0, 0.05) is 12.3 Å². The van der Waals surface area contributed by atoms with Crippen molar-refractivity contribution in [2.75, 3.05) is 18.2 Å². The molecule has 0 radical (unpaired) electrons. The van der Waals surface area contributed by atoms with Crippen LogP contribution in [-0.2, 0) is 9.13 Å². The van der Waals surface area contributed by atoms with Gasteiger partial charge < -0.3 is 9.79 Å². The Morgan fingerprint density at radius 1 is 1.00 bits per heavy atom. The largest absolute Gasteiger partial charge is 0.344 e. The van der Waals surface area contributed by atoms with E-state index in [-0.39, 0.29) is 12.3 Å². The summed E-state index contributed by atoms with van der Waals surface area (Å²) in [4.78, 5) is 18.0. The molecule has 0 saturated heterocycles. The van der Waals surface area contributed by atoms with E-state index in [0.717, 1.165) is 0 Å². The lowest BCUT2D eigenvalue weighted by Gasteiger charge is -2.12. The predicted molar refractivity (Wildman–Crippen MR) is 45.6 cm³/mol. The summed E-state index contributed by atoms with van der Waals surface area (Å²) in [7, 11) is -6.65. The molecule has 0 aliphatic heterocycles. The molecule has 0 aromatic rings. The van der Waals surface area contributed by atoms with Gasteiger partial charge in [-0.3, -0.25) is 9.13 Å². The van der Waals surface area contributed by atoms with Crippen molar-refractivity contribution in [1.82, 2.24) is 0 Å². The van der Waals surface area contributed by atoms with Crippen molar-refractivity contribution >= 4 is 14.7 Å². The lowest BCUT2D eigenvalue weighted by Crippen LogP contribution is -1.95. The zero-order chi connectivity index (χ0) is 9.12. The Labute approximate surface area is 66.5 Å². The van der Waals surface area contributed by atoms with Crippen molar-refractivity contribution in [2.24, 2.45) is 0 Å². The normalized spacial score (nSPS) is 22.2. The third-order valence-corrected chi connectivity index (χ3v) is 6.94. The van der Waals surface area contributed by atoms with Gasteiger partial charge in [-0.2, -0.15) is 0 Å². The fourth-order valence-corrected chi connectivity index (χ4v) is 4.91. The Morgan fingerprint density at radius 2 is 1.27 bits per heavy atom. The molecule has 0 spiro atoms. The number of hydrogen-bond acceptors (Lipinski definition) is 2. The molecule has 0 bridgehead atoms. The van der Waals surface area contributed by atoms with Gasteiger partial charge in [-0.1, -0.05) is 13.8 Å². The molecule has 68 valence electrons. The molecule has 4 nitrogen and oxygen atoms in total. The van der Waals surface area contributed by atoms with E-state index in [1.807, 2.05) is 0 Å². The van der Waals surface area contributed by atoms with E-state index in [1.165, 1.54) is 13.8 Å². The molecule has 11 heavy (non-hydrogen) atoms. The first kappa shape index (κ1) is 11.4. The first-order valence-corrected chi connectivity index (χ1v) is 7.50. The van der Waals surface area contributed by atoms with Gasteiger partial charge in [0.25, 0.3) is 0 Å². The average Bonchev–Trinajstić information content (AvgIpc) is 1.86. The van der Waals surface area contributed by atoms with Gasteiger partial charge in [0.2, 0.25) is 14.7 Å². The molecule has 2 unspecified atom stereocenters. The number of rotatable bonds is 4. The molecule has 0 fully saturated rings. The second-order valence-electron chi connectivity index (χ2n) is 2.47. The second kappa shape index (κ2) is 3.86. The van der Waals surface area contributed by atoms with Crippen LogP contribution in [0.4, 0.5) is 0 Å². The summed E-state index contributed by atoms with van der Waals surface area (Å²) in [5.41, 5.74) is 0. The quantitative estimate of drug-likeness (QED) is 0.674. The third kappa shape index (κ3) is 4.76. The van der Waals surface area contributed by atoms with Crippen molar-refractivity contribution < 1.29 is 18.9 Å². The van der Waals surface area contributed by atoms with Crippen LogP contribution in [0.25, 0.3) is 0 Å². The summed E-state index contributed by atoms with van der Waals surface area (Å²) in [6.07, 6.45) is 0.134. The summed E-state index contributed by atoms with van der Waals surface area (Å²) >= 11 is 0. The Bertz CT molecular complexity index is 191. The highest BCUT2D eigenvalue weighted by Gasteiger charge is 2.27. The van der Waals surface area contributed by atoms with Crippen LogP contribution >= 0.6 is 14.7 Å². The number of hydrogen-bond donors (Lipinski definition) is 2. The van der Waals surface area contributed by atoms with Gasteiger partial charge in [-0.05, 0) is 0 Å². The molecule has 2 atom stereocenters. The van der Waals surface area contributed by atoms with Crippen LogP contribution in [0, 0.1) is 0 Å². The minimum atomic E-state index is -3.32. The maximum atomic E-state index is 11.0. The lowest BCUT2D eigenvalue weighted by molar-refractivity contribution is 0.467. The Balaban J connectivity index is 4.26. The highest BCUT2D eigenvalue weighted by atomic mass is 31.2. The summed E-state index contributed by atoms with van der Waals surface area (Å²) in [5.74, 6) is -0.438. The fraction of sp³-hybridized carbons (Fsp3) is 1.00. The standard InChI is InChI=1S/C5H14O4P2/c1-3-10(6,7)5-11(8,9)4-2/h3-5H2,1-2H3,(H,6,7)(H,8,9). The summed E-state index contributed by atoms with van der Waals surface area (Å²) < 4.78 is 22.0. The zero-order valence-electron chi connectivity index (χ0n) is 6.73. The van der Waals surface area contributed by atoms with Crippen LogP contribution in [0.1, 0.15) is 13.8 Å². The third-order valence-electron chi connectivity index (χ3n) is 1.43. The van der Waals surface area contributed by atoms with Crippen molar-refractivity contribution in [1.29, 1.82) is 0 Å². The molecule has 0 aliphatic carbocycles. The van der Waals surface area contributed by atoms with Crippen molar-refractivity contribution in [3.63, 3.8) is 0 Å². The van der Waals surface area contributed by atoms with Crippen LogP contribution in [0.2, 0.25) is 0 Å². The predicted octanol–water partition coefficient (Wildman–Crippen LogP) is 1.52. The summed E-state index contributed by atoms with van der Waals surface area (Å²) in [5, 5.41) is 0. The highest BCUT2D eigenvalue weighted by molar-refractivity contribution is 7.75. The van der Waals surface area contributed by atoms with Crippen molar-refractivity contribution in [3.8, 4) is 0 Å². The SMILES string of the molecule is CCP(=O)(O)CP(=O)(O)CC. The zero-order valence-corrected chi connectivity index (χ0v) is 8.52. The molecule has 0 amide bonds. The molecular weight excluding hydrogens is 186 g/mol. The van der Waals surface area contributed by atoms with Gasteiger partial charge in [-0.15, -0.1) is 0 Å². The Kier molecular flexibility index (Phi) is 3.99. The van der Waals surface area contributed by atoms with Gasteiger partial charge >= 0.3 is 0 Å². The van der Waals surface area contributed by atoms with Crippen LogP contribution in [0.15, 0.2) is 0 Å². The fourth-order valence-electron chi connectivity index (χ4n) is 0.545. The first-order valence-electron chi connectivity index (χ1n) is 3.44. The Morgan fingerprint density at radius 3 is 1.45 bits per heavy atom.